The van der Waals surface area contributed by atoms with Crippen molar-refractivity contribution >= 4 is 11.4 Å². The summed E-state index contributed by atoms with van der Waals surface area (Å²) in [6.07, 6.45) is 1.51. The lowest BCUT2D eigenvalue weighted by atomic mass is 10.0. The van der Waals surface area contributed by atoms with Crippen LogP contribution in [0.1, 0.15) is 36.1 Å². The summed E-state index contributed by atoms with van der Waals surface area (Å²) in [5.41, 5.74) is 13.7. The highest BCUT2D eigenvalue weighted by atomic mass is 16.5. The van der Waals surface area contributed by atoms with Crippen molar-refractivity contribution in [1.29, 1.82) is 0 Å². The Labute approximate surface area is 128 Å². The molecule has 2 aromatic rings. The second kappa shape index (κ2) is 5.40. The predicted molar refractivity (Wildman–Crippen MR) is 83.4 cm³/mol. The summed E-state index contributed by atoms with van der Waals surface area (Å²) in [4.78, 5) is 0. The van der Waals surface area contributed by atoms with Crippen molar-refractivity contribution in [2.24, 2.45) is 0 Å². The number of rotatable bonds is 2. The number of hydrogen-bond donors (Lipinski definition) is 5. The number of benzene rings is 2. The first-order valence-electron chi connectivity index (χ1n) is 7.11. The molecule has 0 bridgehead atoms. The van der Waals surface area contributed by atoms with Gasteiger partial charge in [0.1, 0.15) is 11.5 Å². The normalized spacial score (nSPS) is 22.0. The summed E-state index contributed by atoms with van der Waals surface area (Å²) in [5.74, 6) is 0.0724. The van der Waals surface area contributed by atoms with E-state index in [0.29, 0.717) is 11.4 Å². The van der Waals surface area contributed by atoms with Crippen molar-refractivity contribution in [3.8, 4) is 11.5 Å². The van der Waals surface area contributed by atoms with Gasteiger partial charge in [0.05, 0.1) is 23.5 Å². The number of phenolic OH excluding ortho intramolecular Hbond substituents is 2. The summed E-state index contributed by atoms with van der Waals surface area (Å²) in [5, 5.41) is 30.8. The average Bonchev–Trinajstić information content (AvgIpc) is 2.87. The molecule has 22 heavy (non-hydrogen) atoms. The van der Waals surface area contributed by atoms with Gasteiger partial charge in [-0.2, -0.15) is 5.06 Å². The Kier molecular flexibility index (Phi) is 3.56. The molecule has 0 amide bonds. The Hall–Kier alpha value is -2.44. The molecule has 0 radical (unpaired) electrons. The van der Waals surface area contributed by atoms with Crippen molar-refractivity contribution in [2.75, 3.05) is 11.5 Å². The first-order chi connectivity index (χ1) is 10.5. The highest BCUT2D eigenvalue weighted by Crippen LogP contribution is 2.44. The zero-order valence-corrected chi connectivity index (χ0v) is 12.0. The molecule has 2 atom stereocenters. The third kappa shape index (κ3) is 2.43. The topological polar surface area (TPSA) is 116 Å². The van der Waals surface area contributed by atoms with E-state index in [9.17, 15) is 15.4 Å². The van der Waals surface area contributed by atoms with Crippen LogP contribution in [0, 0.1) is 0 Å². The van der Waals surface area contributed by atoms with Crippen LogP contribution < -0.4 is 11.5 Å². The molecule has 0 spiro atoms. The molecule has 0 aromatic heterocycles. The number of hydroxylamine groups is 2. The summed E-state index contributed by atoms with van der Waals surface area (Å²) in [6, 6.07) is 9.55. The van der Waals surface area contributed by atoms with Crippen molar-refractivity contribution in [3.63, 3.8) is 0 Å². The lowest BCUT2D eigenvalue weighted by Crippen LogP contribution is -2.22. The molecule has 6 heteroatoms. The van der Waals surface area contributed by atoms with Gasteiger partial charge in [-0.15, -0.1) is 0 Å². The second-order valence-corrected chi connectivity index (χ2v) is 5.63. The fraction of sp³-hybridized carbons (Fsp3) is 0.250. The number of nitrogen functional groups attached to an aromatic ring is 2. The van der Waals surface area contributed by atoms with Gasteiger partial charge in [-0.3, -0.25) is 0 Å². The van der Waals surface area contributed by atoms with Gasteiger partial charge in [-0.05, 0) is 48.2 Å². The number of anilines is 2. The Bertz CT molecular complexity index is 646. The zero-order chi connectivity index (χ0) is 15.9. The number of nitrogens with two attached hydrogens (primary N) is 2. The lowest BCUT2D eigenvalue weighted by Gasteiger charge is -2.24. The van der Waals surface area contributed by atoms with Gasteiger partial charge in [0, 0.05) is 0 Å². The van der Waals surface area contributed by atoms with Gasteiger partial charge in [-0.25, -0.2) is 0 Å². The minimum absolute atomic E-state index is 0.0362. The number of phenols is 2. The fourth-order valence-corrected chi connectivity index (χ4v) is 3.00. The molecule has 2 aromatic carbocycles. The van der Waals surface area contributed by atoms with Crippen LogP contribution in [0.2, 0.25) is 0 Å². The van der Waals surface area contributed by atoms with E-state index in [2.05, 4.69) is 0 Å². The monoisotopic (exact) mass is 301 g/mol. The SMILES string of the molecule is Nc1cc(C2CCC(c3ccc(O)c(N)c3)N2O)ccc1O. The van der Waals surface area contributed by atoms with E-state index in [0.717, 1.165) is 24.0 Å². The molecule has 0 saturated carbocycles. The van der Waals surface area contributed by atoms with Crippen LogP contribution in [0.25, 0.3) is 0 Å². The van der Waals surface area contributed by atoms with Crippen LogP contribution in [-0.4, -0.2) is 20.5 Å². The molecule has 0 aliphatic carbocycles. The third-order valence-corrected chi connectivity index (χ3v) is 4.22. The minimum atomic E-state index is -0.192. The molecular weight excluding hydrogens is 282 g/mol. The second-order valence-electron chi connectivity index (χ2n) is 5.63. The minimum Gasteiger partial charge on any atom is -0.506 e. The molecule has 1 heterocycles. The molecule has 1 aliphatic rings. The Morgan fingerprint density at radius 3 is 1.59 bits per heavy atom. The smallest absolute Gasteiger partial charge is 0.138 e. The highest BCUT2D eigenvalue weighted by molar-refractivity contribution is 5.55. The van der Waals surface area contributed by atoms with Gasteiger partial charge >= 0.3 is 0 Å². The highest BCUT2D eigenvalue weighted by Gasteiger charge is 2.34. The van der Waals surface area contributed by atoms with Crippen molar-refractivity contribution in [3.05, 3.63) is 47.5 Å². The van der Waals surface area contributed by atoms with E-state index in [1.54, 1.807) is 24.3 Å². The number of nitrogens with zero attached hydrogens (tertiary/aromatic N) is 1. The van der Waals surface area contributed by atoms with E-state index < -0.39 is 0 Å². The van der Waals surface area contributed by atoms with Gasteiger partial charge in [0.25, 0.3) is 0 Å². The molecule has 116 valence electrons. The maximum Gasteiger partial charge on any atom is 0.138 e. The summed E-state index contributed by atoms with van der Waals surface area (Å²) in [7, 11) is 0. The van der Waals surface area contributed by atoms with Gasteiger partial charge in [0.15, 0.2) is 0 Å². The van der Waals surface area contributed by atoms with Crippen LogP contribution in [0.3, 0.4) is 0 Å². The Balaban J connectivity index is 1.86. The van der Waals surface area contributed by atoms with Crippen molar-refractivity contribution < 1.29 is 15.4 Å². The summed E-state index contributed by atoms with van der Waals surface area (Å²) in [6.45, 7) is 0. The fourth-order valence-electron chi connectivity index (χ4n) is 3.00. The summed E-state index contributed by atoms with van der Waals surface area (Å²) < 4.78 is 0. The molecule has 1 fully saturated rings. The van der Waals surface area contributed by atoms with Crippen LogP contribution in [0.15, 0.2) is 36.4 Å². The predicted octanol–water partition coefficient (Wildman–Crippen LogP) is 2.53. The van der Waals surface area contributed by atoms with Crippen LogP contribution >= 0.6 is 0 Å². The van der Waals surface area contributed by atoms with E-state index >= 15 is 0 Å². The van der Waals surface area contributed by atoms with Gasteiger partial charge in [0.2, 0.25) is 0 Å². The average molecular weight is 301 g/mol. The molecule has 2 unspecified atom stereocenters. The maximum atomic E-state index is 10.5. The number of hydrogen-bond acceptors (Lipinski definition) is 6. The Morgan fingerprint density at radius 1 is 0.818 bits per heavy atom. The largest absolute Gasteiger partial charge is 0.506 e. The lowest BCUT2D eigenvalue weighted by molar-refractivity contribution is -0.137. The molecule has 7 N–H and O–H groups in total. The first kappa shape index (κ1) is 14.5. The van der Waals surface area contributed by atoms with Crippen LogP contribution in [0.5, 0.6) is 11.5 Å². The van der Waals surface area contributed by atoms with E-state index in [1.165, 1.54) is 17.2 Å². The number of aromatic hydroxyl groups is 2. The first-order valence-corrected chi connectivity index (χ1v) is 7.11. The van der Waals surface area contributed by atoms with E-state index in [1.807, 2.05) is 0 Å². The summed E-state index contributed by atoms with van der Waals surface area (Å²) >= 11 is 0. The molecule has 3 rings (SSSR count). The van der Waals surface area contributed by atoms with Crippen LogP contribution in [-0.2, 0) is 0 Å². The van der Waals surface area contributed by atoms with Gasteiger partial charge in [-0.1, -0.05) is 12.1 Å². The molecule has 1 saturated heterocycles. The van der Waals surface area contributed by atoms with E-state index in [4.69, 9.17) is 11.5 Å². The molecule has 1 aliphatic heterocycles. The Morgan fingerprint density at radius 2 is 1.23 bits per heavy atom. The third-order valence-electron chi connectivity index (χ3n) is 4.22. The standard InChI is InChI=1S/C16H19N3O3/c17-11-7-9(1-5-15(11)20)13-3-4-14(19(13)22)10-2-6-16(21)12(18)8-10/h1-2,5-8,13-14,20-22H,3-4,17-18H2. The van der Waals surface area contributed by atoms with Crippen molar-refractivity contribution in [2.45, 2.75) is 24.9 Å². The quantitative estimate of drug-likeness (QED) is 0.430. The van der Waals surface area contributed by atoms with Crippen LogP contribution in [0.4, 0.5) is 11.4 Å². The maximum absolute atomic E-state index is 10.5. The van der Waals surface area contributed by atoms with Gasteiger partial charge < -0.3 is 26.9 Å². The molecular formula is C16H19N3O3. The van der Waals surface area contributed by atoms with E-state index in [-0.39, 0.29) is 23.6 Å². The van der Waals surface area contributed by atoms with Crippen molar-refractivity contribution in [1.82, 2.24) is 5.06 Å². The zero-order valence-electron chi connectivity index (χ0n) is 12.0. The molecule has 6 nitrogen and oxygen atoms in total.